The van der Waals surface area contributed by atoms with Crippen LogP contribution in [0, 0.1) is 26.0 Å². The first-order valence-electron chi connectivity index (χ1n) is 5.88. The summed E-state index contributed by atoms with van der Waals surface area (Å²) in [5.74, 6) is -0.941. The van der Waals surface area contributed by atoms with Gasteiger partial charge in [0, 0.05) is 36.5 Å². The Morgan fingerprint density at radius 3 is 2.43 bits per heavy atom. The van der Waals surface area contributed by atoms with Crippen LogP contribution in [-0.4, -0.2) is 9.85 Å². The fourth-order valence-corrected chi connectivity index (χ4v) is 1.75. The third-order valence-corrected chi connectivity index (χ3v) is 2.76. The first kappa shape index (κ1) is 14.4. The highest BCUT2D eigenvalue weighted by atomic mass is 19.1. The molecule has 2 aromatic carbocycles. The number of hydrogen-bond acceptors (Lipinski definition) is 5. The zero-order valence-corrected chi connectivity index (χ0v) is 10.7. The third kappa shape index (κ3) is 3.50. The maximum absolute atomic E-state index is 13.4. The number of nitro benzene ring substituents is 2. The molecule has 0 saturated carbocycles. The summed E-state index contributed by atoms with van der Waals surface area (Å²) in [6.07, 6.45) is 0. The lowest BCUT2D eigenvalue weighted by atomic mass is 10.2. The molecule has 0 aromatic heterocycles. The zero-order valence-electron chi connectivity index (χ0n) is 10.7. The van der Waals surface area contributed by atoms with E-state index in [0.717, 1.165) is 12.1 Å². The van der Waals surface area contributed by atoms with Gasteiger partial charge in [-0.15, -0.1) is 0 Å². The topological polar surface area (TPSA) is 98.3 Å². The summed E-state index contributed by atoms with van der Waals surface area (Å²) in [6.45, 7) is 0.235. The summed E-state index contributed by atoms with van der Waals surface area (Å²) in [6, 6.07) is 9.44. The molecule has 0 radical (unpaired) electrons. The van der Waals surface area contributed by atoms with Gasteiger partial charge in [-0.05, 0) is 11.6 Å². The van der Waals surface area contributed by atoms with Gasteiger partial charge in [0.25, 0.3) is 5.69 Å². The van der Waals surface area contributed by atoms with Crippen molar-refractivity contribution in [2.75, 3.05) is 5.32 Å². The van der Waals surface area contributed by atoms with Crippen molar-refractivity contribution in [2.45, 2.75) is 6.54 Å². The Hall–Kier alpha value is -3.03. The summed E-state index contributed by atoms with van der Waals surface area (Å²) in [4.78, 5) is 19.8. The smallest absolute Gasteiger partial charge is 0.304 e. The largest absolute Gasteiger partial charge is 0.381 e. The molecule has 0 aliphatic heterocycles. The predicted octanol–water partition coefficient (Wildman–Crippen LogP) is 3.25. The Kier molecular flexibility index (Phi) is 4.07. The number of anilines is 1. The molecule has 2 aromatic rings. The lowest BCUT2D eigenvalue weighted by Gasteiger charge is -2.06. The predicted molar refractivity (Wildman–Crippen MR) is 73.5 cm³/mol. The van der Waals surface area contributed by atoms with E-state index >= 15 is 0 Å². The van der Waals surface area contributed by atoms with Crippen LogP contribution >= 0.6 is 0 Å². The van der Waals surface area contributed by atoms with E-state index < -0.39 is 21.4 Å². The van der Waals surface area contributed by atoms with E-state index in [1.165, 1.54) is 18.2 Å². The molecule has 0 aliphatic carbocycles. The number of halogens is 1. The minimum absolute atomic E-state index is 0.0378. The normalized spacial score (nSPS) is 10.1. The fraction of sp³-hybridized carbons (Fsp3) is 0.0769. The monoisotopic (exact) mass is 291 g/mol. The van der Waals surface area contributed by atoms with Crippen molar-refractivity contribution in [1.82, 2.24) is 0 Å². The summed E-state index contributed by atoms with van der Waals surface area (Å²) < 4.78 is 13.4. The minimum atomic E-state index is -0.941. The van der Waals surface area contributed by atoms with Crippen LogP contribution in [0.1, 0.15) is 5.56 Å². The molecule has 0 unspecified atom stereocenters. The van der Waals surface area contributed by atoms with E-state index in [4.69, 9.17) is 0 Å². The second-order valence-electron chi connectivity index (χ2n) is 4.20. The Morgan fingerprint density at radius 2 is 1.81 bits per heavy atom. The molecule has 2 rings (SSSR count). The van der Waals surface area contributed by atoms with Crippen LogP contribution in [0.25, 0.3) is 0 Å². The highest BCUT2D eigenvalue weighted by Crippen LogP contribution is 2.21. The van der Waals surface area contributed by atoms with E-state index in [2.05, 4.69) is 5.32 Å². The van der Waals surface area contributed by atoms with Crippen molar-refractivity contribution in [3.63, 3.8) is 0 Å². The van der Waals surface area contributed by atoms with Gasteiger partial charge in [-0.25, -0.2) is 0 Å². The maximum atomic E-state index is 13.4. The van der Waals surface area contributed by atoms with Crippen LogP contribution in [0.3, 0.4) is 0 Å². The van der Waals surface area contributed by atoms with Gasteiger partial charge >= 0.3 is 5.69 Å². The van der Waals surface area contributed by atoms with Gasteiger partial charge in [0.05, 0.1) is 9.85 Å². The van der Waals surface area contributed by atoms with Crippen LogP contribution < -0.4 is 5.32 Å². The zero-order chi connectivity index (χ0) is 15.4. The number of benzene rings is 2. The van der Waals surface area contributed by atoms with Crippen molar-refractivity contribution >= 4 is 17.1 Å². The highest BCUT2D eigenvalue weighted by molar-refractivity contribution is 5.50. The van der Waals surface area contributed by atoms with E-state index in [-0.39, 0.29) is 12.2 Å². The summed E-state index contributed by atoms with van der Waals surface area (Å²) in [7, 11) is 0. The molecule has 8 heteroatoms. The van der Waals surface area contributed by atoms with Crippen molar-refractivity contribution in [2.24, 2.45) is 0 Å². The lowest BCUT2D eigenvalue weighted by molar-refractivity contribution is -0.387. The second kappa shape index (κ2) is 5.95. The molecule has 0 aliphatic rings. The van der Waals surface area contributed by atoms with Crippen molar-refractivity contribution in [1.29, 1.82) is 0 Å². The molecule has 108 valence electrons. The molecule has 7 nitrogen and oxygen atoms in total. The average molecular weight is 291 g/mol. The molecule has 0 saturated heterocycles. The minimum Gasteiger partial charge on any atom is -0.381 e. The number of hydrogen-bond donors (Lipinski definition) is 1. The second-order valence-corrected chi connectivity index (χ2v) is 4.20. The standard InChI is InChI=1S/C13H10FN3O4/c14-12-7-10(4-5-13(12)17(20)21)15-8-9-2-1-3-11(6-9)16(18)19/h1-7,15H,8H2. The molecule has 0 spiro atoms. The number of rotatable bonds is 5. The van der Waals surface area contributed by atoms with E-state index in [0.29, 0.717) is 11.3 Å². The van der Waals surface area contributed by atoms with Crippen LogP contribution in [0.2, 0.25) is 0 Å². The van der Waals surface area contributed by atoms with Crippen LogP contribution in [0.15, 0.2) is 42.5 Å². The first-order valence-corrected chi connectivity index (χ1v) is 5.88. The van der Waals surface area contributed by atoms with Gasteiger partial charge in [0.1, 0.15) is 0 Å². The van der Waals surface area contributed by atoms with E-state index in [1.54, 1.807) is 12.1 Å². The summed E-state index contributed by atoms with van der Waals surface area (Å²) >= 11 is 0. The molecular formula is C13H10FN3O4. The Labute approximate surface area is 118 Å². The fourth-order valence-electron chi connectivity index (χ4n) is 1.75. The molecule has 0 atom stereocenters. The lowest BCUT2D eigenvalue weighted by Crippen LogP contribution is -2.01. The molecule has 1 N–H and O–H groups in total. The Balaban J connectivity index is 2.10. The number of nitrogens with one attached hydrogen (secondary N) is 1. The summed E-state index contributed by atoms with van der Waals surface area (Å²) in [5.41, 5.74) is 0.354. The van der Waals surface area contributed by atoms with Crippen LogP contribution in [0.5, 0.6) is 0 Å². The van der Waals surface area contributed by atoms with Gasteiger partial charge in [-0.2, -0.15) is 4.39 Å². The SMILES string of the molecule is O=[N+]([O-])c1cccc(CNc2ccc([N+](=O)[O-])c(F)c2)c1. The first-order chi connectivity index (χ1) is 9.97. The molecule has 0 amide bonds. The van der Waals surface area contributed by atoms with Crippen molar-refractivity contribution < 1.29 is 14.2 Å². The molecule has 0 heterocycles. The van der Waals surface area contributed by atoms with Gasteiger partial charge in [-0.1, -0.05) is 12.1 Å². The van der Waals surface area contributed by atoms with Gasteiger partial charge < -0.3 is 5.32 Å². The van der Waals surface area contributed by atoms with Gasteiger partial charge in [0.15, 0.2) is 0 Å². The number of nitro groups is 2. The Morgan fingerprint density at radius 1 is 1.05 bits per heavy atom. The Bertz CT molecular complexity index is 706. The van der Waals surface area contributed by atoms with Gasteiger partial charge in [0.2, 0.25) is 5.82 Å². The number of nitrogens with zero attached hydrogens (tertiary/aromatic N) is 2. The molecular weight excluding hydrogens is 281 g/mol. The van der Waals surface area contributed by atoms with Gasteiger partial charge in [-0.3, -0.25) is 20.2 Å². The number of non-ortho nitro benzene ring substituents is 1. The van der Waals surface area contributed by atoms with Crippen LogP contribution in [0.4, 0.5) is 21.5 Å². The van der Waals surface area contributed by atoms with Crippen molar-refractivity contribution in [3.8, 4) is 0 Å². The van der Waals surface area contributed by atoms with E-state index in [1.807, 2.05) is 0 Å². The molecule has 0 bridgehead atoms. The van der Waals surface area contributed by atoms with Crippen molar-refractivity contribution in [3.05, 3.63) is 74.1 Å². The molecule has 0 fully saturated rings. The van der Waals surface area contributed by atoms with Crippen LogP contribution in [-0.2, 0) is 6.54 Å². The molecule has 21 heavy (non-hydrogen) atoms. The van der Waals surface area contributed by atoms with E-state index in [9.17, 15) is 24.6 Å². The third-order valence-electron chi connectivity index (χ3n) is 2.76. The maximum Gasteiger partial charge on any atom is 0.304 e. The highest BCUT2D eigenvalue weighted by Gasteiger charge is 2.13. The summed E-state index contributed by atoms with van der Waals surface area (Å²) in [5, 5.41) is 24.0. The quantitative estimate of drug-likeness (QED) is 0.673. The average Bonchev–Trinajstić information content (AvgIpc) is 2.45.